The van der Waals surface area contributed by atoms with Gasteiger partial charge in [0, 0.05) is 12.0 Å². The number of hydrogen-bond donors (Lipinski definition) is 0. The lowest BCUT2D eigenvalue weighted by molar-refractivity contribution is -0.156. The first-order valence-electron chi connectivity index (χ1n) is 6.62. The van der Waals surface area contributed by atoms with Crippen LogP contribution in [0.4, 0.5) is 0 Å². The summed E-state index contributed by atoms with van der Waals surface area (Å²) >= 11 is 0. The highest BCUT2D eigenvalue weighted by Gasteiger charge is 2.67. The molecule has 3 atom stereocenters. The third kappa shape index (κ3) is 1.49. The van der Waals surface area contributed by atoms with Gasteiger partial charge in [0.05, 0.1) is 5.41 Å². The lowest BCUT2D eigenvalue weighted by Gasteiger charge is -2.36. The van der Waals surface area contributed by atoms with Gasteiger partial charge in [-0.3, -0.25) is 4.79 Å². The van der Waals surface area contributed by atoms with Crippen molar-refractivity contribution < 1.29 is 14.3 Å². The number of hydrogen-bond acceptors (Lipinski definition) is 3. The molecule has 0 aliphatic heterocycles. The molecule has 2 saturated carbocycles. The van der Waals surface area contributed by atoms with E-state index in [1.165, 1.54) is 0 Å². The maximum absolute atomic E-state index is 12.2. The summed E-state index contributed by atoms with van der Waals surface area (Å²) in [6, 6.07) is 0. The normalized spacial score (nSPS) is 38.1. The number of fused-ring (bicyclic) bond motifs is 2. The van der Waals surface area contributed by atoms with Crippen molar-refractivity contribution in [2.24, 2.45) is 16.7 Å². The predicted molar refractivity (Wildman–Crippen MR) is 68.9 cm³/mol. The van der Waals surface area contributed by atoms with Crippen LogP contribution in [0.1, 0.15) is 47.5 Å². The molecule has 0 saturated heterocycles. The van der Waals surface area contributed by atoms with E-state index in [2.05, 4.69) is 13.8 Å². The van der Waals surface area contributed by atoms with Crippen molar-refractivity contribution in [1.82, 2.24) is 0 Å². The topological polar surface area (TPSA) is 43.4 Å². The minimum absolute atomic E-state index is 0.0706. The summed E-state index contributed by atoms with van der Waals surface area (Å²) in [4.78, 5) is 24.1. The van der Waals surface area contributed by atoms with E-state index in [1.54, 1.807) is 13.0 Å². The van der Waals surface area contributed by atoms with Gasteiger partial charge in [0.15, 0.2) is 0 Å². The van der Waals surface area contributed by atoms with Gasteiger partial charge in [0.1, 0.15) is 11.9 Å². The summed E-state index contributed by atoms with van der Waals surface area (Å²) in [5.41, 5.74) is 0.0202. The predicted octanol–water partition coefficient (Wildman–Crippen LogP) is 2.89. The monoisotopic (exact) mass is 250 g/mol. The summed E-state index contributed by atoms with van der Waals surface area (Å²) in [7, 11) is 0. The van der Waals surface area contributed by atoms with Gasteiger partial charge >= 0.3 is 5.97 Å². The molecule has 2 aliphatic rings. The van der Waals surface area contributed by atoms with Crippen LogP contribution in [-0.4, -0.2) is 17.9 Å². The van der Waals surface area contributed by atoms with Crippen LogP contribution in [0.25, 0.3) is 0 Å². The van der Waals surface area contributed by atoms with E-state index in [9.17, 15) is 9.59 Å². The van der Waals surface area contributed by atoms with Crippen molar-refractivity contribution >= 4 is 11.8 Å². The van der Waals surface area contributed by atoms with Gasteiger partial charge in [0.2, 0.25) is 0 Å². The van der Waals surface area contributed by atoms with Gasteiger partial charge in [-0.15, -0.1) is 0 Å². The van der Waals surface area contributed by atoms with Gasteiger partial charge in [-0.1, -0.05) is 19.9 Å². The van der Waals surface area contributed by atoms with E-state index < -0.39 is 5.41 Å². The van der Waals surface area contributed by atoms with Crippen LogP contribution in [0.3, 0.4) is 0 Å². The highest BCUT2D eigenvalue weighted by Crippen LogP contribution is 2.64. The van der Waals surface area contributed by atoms with Crippen molar-refractivity contribution in [3.8, 4) is 0 Å². The number of esters is 1. The molecule has 18 heavy (non-hydrogen) atoms. The molecule has 0 N–H and O–H groups in total. The molecule has 0 radical (unpaired) electrons. The molecule has 0 spiro atoms. The Hall–Kier alpha value is -1.12. The van der Waals surface area contributed by atoms with Crippen LogP contribution in [-0.2, 0) is 14.3 Å². The molecule has 0 amide bonds. The van der Waals surface area contributed by atoms with Crippen molar-refractivity contribution in [2.75, 3.05) is 0 Å². The molecule has 0 aromatic rings. The fraction of sp³-hybridized carbons (Fsp3) is 0.733. The third-order valence-corrected chi connectivity index (χ3v) is 5.52. The molecular formula is C15H22O3. The molecule has 2 bridgehead atoms. The first-order valence-corrected chi connectivity index (χ1v) is 6.62. The van der Waals surface area contributed by atoms with E-state index in [1.807, 2.05) is 13.8 Å². The van der Waals surface area contributed by atoms with Gasteiger partial charge in [-0.2, -0.15) is 0 Å². The van der Waals surface area contributed by atoms with E-state index in [-0.39, 0.29) is 23.3 Å². The molecule has 100 valence electrons. The largest absolute Gasteiger partial charge is 0.458 e. The molecule has 3 nitrogen and oxygen atoms in total. The van der Waals surface area contributed by atoms with E-state index in [4.69, 9.17) is 4.74 Å². The third-order valence-electron chi connectivity index (χ3n) is 5.52. The molecule has 0 aromatic carbocycles. The van der Waals surface area contributed by atoms with E-state index in [0.717, 1.165) is 6.42 Å². The Morgan fingerprint density at radius 2 is 2.00 bits per heavy atom. The van der Waals surface area contributed by atoms with Crippen LogP contribution in [0.5, 0.6) is 0 Å². The first kappa shape index (κ1) is 13.3. The standard InChI is InChI=1S/C15H22O3/c1-6-9(2)13(17)18-12-8-10-7-11(16)15(12,5)14(10,3)4/h6,10,12H,7-8H2,1-5H3/b9-6+/t10-,12-,15+/m1/s1. The summed E-state index contributed by atoms with van der Waals surface area (Å²) in [6.45, 7) is 9.77. The smallest absolute Gasteiger partial charge is 0.333 e. The molecule has 3 heteroatoms. The summed E-state index contributed by atoms with van der Waals surface area (Å²) in [5, 5.41) is 0. The van der Waals surface area contributed by atoms with Gasteiger partial charge in [-0.05, 0) is 38.5 Å². The van der Waals surface area contributed by atoms with Crippen molar-refractivity contribution in [3.63, 3.8) is 0 Å². The number of ether oxygens (including phenoxy) is 1. The molecule has 0 unspecified atom stereocenters. The van der Waals surface area contributed by atoms with Crippen molar-refractivity contribution in [2.45, 2.75) is 53.6 Å². The van der Waals surface area contributed by atoms with Crippen molar-refractivity contribution in [1.29, 1.82) is 0 Å². The number of Topliss-reactive ketones (excluding diaryl/α,β-unsaturated/α-hetero) is 1. The lowest BCUT2D eigenvalue weighted by Crippen LogP contribution is -2.44. The van der Waals surface area contributed by atoms with Crippen LogP contribution in [0.2, 0.25) is 0 Å². The molecule has 2 aliphatic carbocycles. The van der Waals surface area contributed by atoms with E-state index in [0.29, 0.717) is 17.9 Å². The van der Waals surface area contributed by atoms with Crippen LogP contribution >= 0.6 is 0 Å². The Balaban J connectivity index is 2.24. The summed E-state index contributed by atoms with van der Waals surface area (Å²) < 4.78 is 5.58. The number of carbonyl (C=O) groups is 2. The summed E-state index contributed by atoms with van der Waals surface area (Å²) in [5.74, 6) is 0.304. The zero-order valence-electron chi connectivity index (χ0n) is 11.9. The second-order valence-electron chi connectivity index (χ2n) is 6.35. The second-order valence-corrected chi connectivity index (χ2v) is 6.35. The Morgan fingerprint density at radius 3 is 2.44 bits per heavy atom. The minimum Gasteiger partial charge on any atom is -0.458 e. The number of ketones is 1. The van der Waals surface area contributed by atoms with Crippen LogP contribution in [0, 0.1) is 16.7 Å². The van der Waals surface area contributed by atoms with Crippen LogP contribution < -0.4 is 0 Å². The SMILES string of the molecule is C/C=C(\C)C(=O)O[C@@H]1C[C@H]2CC(=O)[C@]1(C)C2(C)C. The highest BCUT2D eigenvalue weighted by atomic mass is 16.5. The highest BCUT2D eigenvalue weighted by molar-refractivity contribution is 5.92. The summed E-state index contributed by atoms with van der Waals surface area (Å²) in [6.07, 6.45) is 2.93. The first-order chi connectivity index (χ1) is 8.25. The average Bonchev–Trinajstić information content (AvgIpc) is 2.59. The van der Waals surface area contributed by atoms with E-state index >= 15 is 0 Å². The number of carbonyl (C=O) groups excluding carboxylic acids is 2. The molecule has 2 rings (SSSR count). The maximum Gasteiger partial charge on any atom is 0.333 e. The Kier molecular flexibility index (Phi) is 2.91. The fourth-order valence-corrected chi connectivity index (χ4v) is 3.45. The molecule has 0 aromatic heterocycles. The molecule has 0 heterocycles. The quantitative estimate of drug-likeness (QED) is 0.559. The second kappa shape index (κ2) is 3.94. The van der Waals surface area contributed by atoms with Crippen LogP contribution in [0.15, 0.2) is 11.6 Å². The van der Waals surface area contributed by atoms with Gasteiger partial charge in [0.25, 0.3) is 0 Å². The maximum atomic E-state index is 12.2. The van der Waals surface area contributed by atoms with Gasteiger partial charge < -0.3 is 4.74 Å². The number of rotatable bonds is 2. The molecular weight excluding hydrogens is 228 g/mol. The Morgan fingerprint density at radius 1 is 1.39 bits per heavy atom. The lowest BCUT2D eigenvalue weighted by atomic mass is 9.69. The fourth-order valence-electron chi connectivity index (χ4n) is 3.45. The Labute approximate surface area is 109 Å². The average molecular weight is 250 g/mol. The zero-order chi connectivity index (χ0) is 13.7. The number of allylic oxidation sites excluding steroid dienone is 1. The molecule has 2 fully saturated rings. The minimum atomic E-state index is -0.513. The van der Waals surface area contributed by atoms with Gasteiger partial charge in [-0.25, -0.2) is 4.79 Å². The zero-order valence-corrected chi connectivity index (χ0v) is 11.9. The Bertz CT molecular complexity index is 433. The van der Waals surface area contributed by atoms with Crippen molar-refractivity contribution in [3.05, 3.63) is 11.6 Å².